The zero-order valence-corrected chi connectivity index (χ0v) is 12.3. The maximum absolute atomic E-state index is 12.3. The van der Waals surface area contributed by atoms with Crippen molar-refractivity contribution in [1.29, 1.82) is 0 Å². The molecule has 0 atom stereocenters. The van der Waals surface area contributed by atoms with Gasteiger partial charge in [-0.3, -0.25) is 4.68 Å². The molecule has 0 fully saturated rings. The fraction of sp³-hybridized carbons (Fsp3) is 0.714. The summed E-state index contributed by atoms with van der Waals surface area (Å²) >= 11 is 0. The van der Waals surface area contributed by atoms with Gasteiger partial charge < -0.3 is 4.74 Å². The molecular weight excluding hydrogens is 228 g/mol. The second-order valence-electron chi connectivity index (χ2n) is 5.92. The Balaban J connectivity index is 2.83. The summed E-state index contributed by atoms with van der Waals surface area (Å²) in [7, 11) is 0. The zero-order valence-electron chi connectivity index (χ0n) is 12.3. The fourth-order valence-electron chi connectivity index (χ4n) is 1.84. The molecule has 0 radical (unpaired) electrons. The Hall–Kier alpha value is -1.32. The highest BCUT2D eigenvalue weighted by atomic mass is 16.6. The first-order chi connectivity index (χ1) is 8.19. The van der Waals surface area contributed by atoms with E-state index in [2.05, 4.69) is 12.0 Å². The number of hydrogen-bond donors (Lipinski definition) is 0. The smallest absolute Gasteiger partial charge is 0.334 e. The van der Waals surface area contributed by atoms with E-state index in [0.717, 1.165) is 18.4 Å². The second-order valence-corrected chi connectivity index (χ2v) is 5.92. The summed E-state index contributed by atoms with van der Waals surface area (Å²) in [5, 5.41) is 4.20. The maximum Gasteiger partial charge on any atom is 0.334 e. The van der Waals surface area contributed by atoms with Crippen molar-refractivity contribution in [2.75, 3.05) is 0 Å². The average molecular weight is 252 g/mol. The monoisotopic (exact) mass is 252 g/mol. The summed E-state index contributed by atoms with van der Waals surface area (Å²) in [5.41, 5.74) is -0.173. The van der Waals surface area contributed by atoms with Crippen molar-refractivity contribution in [2.24, 2.45) is 0 Å². The van der Waals surface area contributed by atoms with Crippen molar-refractivity contribution < 1.29 is 9.53 Å². The maximum atomic E-state index is 12.3. The molecule has 102 valence electrons. The van der Waals surface area contributed by atoms with Crippen LogP contribution in [0.15, 0.2) is 12.4 Å². The first-order valence-electron chi connectivity index (χ1n) is 6.44. The quantitative estimate of drug-likeness (QED) is 0.756. The van der Waals surface area contributed by atoms with E-state index >= 15 is 0 Å². The third-order valence-corrected chi connectivity index (χ3v) is 3.01. The van der Waals surface area contributed by atoms with Crippen LogP contribution < -0.4 is 0 Å². The van der Waals surface area contributed by atoms with E-state index in [0.29, 0.717) is 0 Å². The van der Waals surface area contributed by atoms with E-state index in [4.69, 9.17) is 4.74 Å². The fourth-order valence-corrected chi connectivity index (χ4v) is 1.84. The Morgan fingerprint density at radius 2 is 2.00 bits per heavy atom. The standard InChI is InChI=1S/C14H24N2O2/c1-7-8-13(3,4)18-12(17)14(5,6)16-10-11(2)9-15-16/h9-10H,7-8H2,1-6H3. The molecule has 0 saturated heterocycles. The SMILES string of the molecule is CCCC(C)(C)OC(=O)C(C)(C)n1cc(C)cn1. The molecule has 0 N–H and O–H groups in total. The number of esters is 1. The Morgan fingerprint density at radius 1 is 1.39 bits per heavy atom. The third-order valence-electron chi connectivity index (χ3n) is 3.01. The molecule has 0 aliphatic heterocycles. The number of rotatable bonds is 5. The van der Waals surface area contributed by atoms with Crippen molar-refractivity contribution in [3.63, 3.8) is 0 Å². The lowest BCUT2D eigenvalue weighted by Gasteiger charge is -2.31. The number of carbonyl (C=O) groups is 1. The van der Waals surface area contributed by atoms with Gasteiger partial charge in [0.2, 0.25) is 0 Å². The highest BCUT2D eigenvalue weighted by molar-refractivity contribution is 5.78. The van der Waals surface area contributed by atoms with Gasteiger partial charge in [0.25, 0.3) is 0 Å². The van der Waals surface area contributed by atoms with E-state index < -0.39 is 11.1 Å². The predicted molar refractivity (Wildman–Crippen MR) is 71.4 cm³/mol. The van der Waals surface area contributed by atoms with E-state index in [1.807, 2.05) is 40.8 Å². The molecule has 0 unspecified atom stereocenters. The average Bonchev–Trinajstić information content (AvgIpc) is 2.64. The Morgan fingerprint density at radius 3 is 2.44 bits per heavy atom. The summed E-state index contributed by atoms with van der Waals surface area (Å²) in [5.74, 6) is -0.246. The van der Waals surface area contributed by atoms with Gasteiger partial charge >= 0.3 is 5.97 Å². The van der Waals surface area contributed by atoms with Gasteiger partial charge in [-0.2, -0.15) is 5.10 Å². The molecule has 0 bridgehead atoms. The highest BCUT2D eigenvalue weighted by Crippen LogP contribution is 2.23. The first kappa shape index (κ1) is 14.7. The van der Waals surface area contributed by atoms with Crippen LogP contribution in [0.1, 0.15) is 53.0 Å². The van der Waals surface area contributed by atoms with E-state index in [9.17, 15) is 4.79 Å². The van der Waals surface area contributed by atoms with Crippen molar-refractivity contribution in [1.82, 2.24) is 9.78 Å². The number of aryl methyl sites for hydroxylation is 1. The molecule has 1 heterocycles. The number of nitrogens with zero attached hydrogens (tertiary/aromatic N) is 2. The van der Waals surface area contributed by atoms with Crippen molar-refractivity contribution in [3.05, 3.63) is 18.0 Å². The summed E-state index contributed by atoms with van der Waals surface area (Å²) in [6.07, 6.45) is 5.44. The van der Waals surface area contributed by atoms with Crippen LogP contribution in [0.2, 0.25) is 0 Å². The third kappa shape index (κ3) is 3.34. The lowest BCUT2D eigenvalue weighted by atomic mass is 10.0. The van der Waals surface area contributed by atoms with Gasteiger partial charge in [-0.15, -0.1) is 0 Å². The number of carbonyl (C=O) groups excluding carboxylic acids is 1. The van der Waals surface area contributed by atoms with Crippen molar-refractivity contribution in [2.45, 2.75) is 65.5 Å². The summed E-state index contributed by atoms with van der Waals surface area (Å²) in [6, 6.07) is 0. The number of ether oxygens (including phenoxy) is 1. The second kappa shape index (κ2) is 5.12. The normalized spacial score (nSPS) is 12.6. The molecule has 0 amide bonds. The summed E-state index contributed by atoms with van der Waals surface area (Å²) in [4.78, 5) is 12.3. The van der Waals surface area contributed by atoms with Crippen molar-refractivity contribution in [3.8, 4) is 0 Å². The van der Waals surface area contributed by atoms with E-state index in [1.165, 1.54) is 0 Å². The Labute approximate surface area is 109 Å². The lowest BCUT2D eigenvalue weighted by molar-refractivity contribution is -0.167. The molecule has 4 nitrogen and oxygen atoms in total. The van der Waals surface area contributed by atoms with Gasteiger partial charge in [-0.1, -0.05) is 13.3 Å². The largest absolute Gasteiger partial charge is 0.458 e. The minimum Gasteiger partial charge on any atom is -0.458 e. The van der Waals surface area contributed by atoms with Crippen LogP contribution in [-0.4, -0.2) is 21.4 Å². The Kier molecular flexibility index (Phi) is 4.20. The number of hydrogen-bond acceptors (Lipinski definition) is 3. The molecule has 0 spiro atoms. The molecule has 1 aromatic heterocycles. The summed E-state index contributed by atoms with van der Waals surface area (Å²) in [6.45, 7) is 11.6. The van der Waals surface area contributed by atoms with E-state index in [-0.39, 0.29) is 5.97 Å². The van der Waals surface area contributed by atoms with Gasteiger partial charge in [-0.05, 0) is 46.6 Å². The zero-order chi connectivity index (χ0) is 14.0. The van der Waals surface area contributed by atoms with E-state index in [1.54, 1.807) is 10.9 Å². The molecule has 0 saturated carbocycles. The molecule has 4 heteroatoms. The van der Waals surface area contributed by atoms with Crippen LogP contribution in [0, 0.1) is 6.92 Å². The Bertz CT molecular complexity index is 419. The minimum atomic E-state index is -0.779. The van der Waals surface area contributed by atoms with Crippen molar-refractivity contribution >= 4 is 5.97 Å². The van der Waals surface area contributed by atoms with Gasteiger partial charge in [-0.25, -0.2) is 4.79 Å². The van der Waals surface area contributed by atoms with Crippen LogP contribution in [-0.2, 0) is 15.1 Å². The van der Waals surface area contributed by atoms with Gasteiger partial charge in [0.1, 0.15) is 5.60 Å². The summed E-state index contributed by atoms with van der Waals surface area (Å²) < 4.78 is 7.27. The lowest BCUT2D eigenvalue weighted by Crippen LogP contribution is -2.42. The number of aromatic nitrogens is 2. The minimum absolute atomic E-state index is 0.246. The molecular formula is C14H24N2O2. The topological polar surface area (TPSA) is 44.1 Å². The van der Waals surface area contributed by atoms with Crippen LogP contribution in [0.5, 0.6) is 0 Å². The van der Waals surface area contributed by atoms with Gasteiger partial charge in [0, 0.05) is 6.20 Å². The van der Waals surface area contributed by atoms with Crippen LogP contribution in [0.25, 0.3) is 0 Å². The predicted octanol–water partition coefficient (Wildman–Crippen LogP) is 3.05. The van der Waals surface area contributed by atoms with Gasteiger partial charge in [0.15, 0.2) is 5.54 Å². The van der Waals surface area contributed by atoms with Gasteiger partial charge in [0.05, 0.1) is 6.20 Å². The molecule has 1 rings (SSSR count). The molecule has 18 heavy (non-hydrogen) atoms. The molecule has 0 aliphatic carbocycles. The van der Waals surface area contributed by atoms with Crippen LogP contribution in [0.3, 0.4) is 0 Å². The molecule has 1 aromatic rings. The molecule has 0 aliphatic rings. The highest BCUT2D eigenvalue weighted by Gasteiger charge is 2.36. The van der Waals surface area contributed by atoms with Crippen LogP contribution >= 0.6 is 0 Å². The van der Waals surface area contributed by atoms with Crippen LogP contribution in [0.4, 0.5) is 0 Å². The first-order valence-corrected chi connectivity index (χ1v) is 6.44. The molecule has 0 aromatic carbocycles.